The zero-order chi connectivity index (χ0) is 27.5. The number of carbonyl (C=O) groups excluding carboxylic acids is 3. The molecule has 2 aromatic rings. The summed E-state index contributed by atoms with van der Waals surface area (Å²) in [5, 5.41) is 3.54. The minimum atomic E-state index is -0.798. The Morgan fingerprint density at radius 3 is 1.89 bits per heavy atom. The second kappa shape index (κ2) is 10.9. The number of hydrogen-bond donors (Lipinski definition) is 1. The van der Waals surface area contributed by atoms with E-state index >= 15 is 0 Å². The first-order valence-electron chi connectivity index (χ1n) is 12.2. The van der Waals surface area contributed by atoms with E-state index in [-0.39, 0.29) is 17.1 Å². The quantitative estimate of drug-likeness (QED) is 0.475. The van der Waals surface area contributed by atoms with Crippen LogP contribution in [0.2, 0.25) is 5.02 Å². The highest BCUT2D eigenvalue weighted by Gasteiger charge is 2.40. The lowest BCUT2D eigenvalue weighted by Crippen LogP contribution is -2.44. The highest BCUT2D eigenvalue weighted by Crippen LogP contribution is 2.39. The van der Waals surface area contributed by atoms with Crippen LogP contribution in [0.5, 0.6) is 0 Å². The SMILES string of the molecule is C[C@@H]1C(C(=O)OC(C)(C)C)=C(C(=O)OC(C)(C)C)C(c2ccc(Cl)cc2)=C[C@@H]1NC(=O)c1ccccc1. The molecule has 0 aliphatic heterocycles. The van der Waals surface area contributed by atoms with Crippen LogP contribution >= 0.6 is 11.6 Å². The van der Waals surface area contributed by atoms with E-state index in [1.54, 1.807) is 103 Å². The van der Waals surface area contributed by atoms with Crippen molar-refractivity contribution in [2.75, 3.05) is 0 Å². The Balaban J connectivity index is 2.19. The van der Waals surface area contributed by atoms with Crippen molar-refractivity contribution in [3.63, 3.8) is 0 Å². The van der Waals surface area contributed by atoms with Crippen molar-refractivity contribution in [3.8, 4) is 0 Å². The predicted molar refractivity (Wildman–Crippen MR) is 145 cm³/mol. The summed E-state index contributed by atoms with van der Waals surface area (Å²) in [6.45, 7) is 12.4. The van der Waals surface area contributed by atoms with Gasteiger partial charge in [-0.15, -0.1) is 0 Å². The molecule has 2 aromatic carbocycles. The van der Waals surface area contributed by atoms with Gasteiger partial charge < -0.3 is 14.8 Å². The monoisotopic (exact) mass is 523 g/mol. The first-order chi connectivity index (χ1) is 17.2. The lowest BCUT2D eigenvalue weighted by atomic mass is 9.78. The van der Waals surface area contributed by atoms with Crippen LogP contribution in [-0.4, -0.2) is 35.1 Å². The molecule has 0 spiro atoms. The topological polar surface area (TPSA) is 81.7 Å². The molecule has 3 rings (SSSR count). The smallest absolute Gasteiger partial charge is 0.339 e. The minimum Gasteiger partial charge on any atom is -0.457 e. The fraction of sp³-hybridized carbons (Fsp3) is 0.367. The van der Waals surface area contributed by atoms with E-state index in [9.17, 15) is 14.4 Å². The van der Waals surface area contributed by atoms with Crippen molar-refractivity contribution >= 4 is 35.0 Å². The zero-order valence-electron chi connectivity index (χ0n) is 22.3. The summed E-state index contributed by atoms with van der Waals surface area (Å²) in [4.78, 5) is 40.3. The Morgan fingerprint density at radius 1 is 0.811 bits per heavy atom. The third-order valence-corrected chi connectivity index (χ3v) is 5.84. The van der Waals surface area contributed by atoms with Gasteiger partial charge in [0.15, 0.2) is 0 Å². The van der Waals surface area contributed by atoms with Crippen LogP contribution < -0.4 is 5.32 Å². The molecule has 0 saturated heterocycles. The van der Waals surface area contributed by atoms with Gasteiger partial charge >= 0.3 is 11.9 Å². The Kier molecular flexibility index (Phi) is 8.33. The first kappa shape index (κ1) is 28.2. The summed E-state index contributed by atoms with van der Waals surface area (Å²) in [5.41, 5.74) is 0.264. The van der Waals surface area contributed by atoms with Crippen LogP contribution in [0.1, 0.15) is 64.4 Å². The number of carbonyl (C=O) groups is 3. The van der Waals surface area contributed by atoms with E-state index in [1.807, 2.05) is 6.07 Å². The van der Waals surface area contributed by atoms with Crippen molar-refractivity contribution in [1.82, 2.24) is 5.32 Å². The lowest BCUT2D eigenvalue weighted by Gasteiger charge is -2.34. The maximum absolute atomic E-state index is 13.6. The van der Waals surface area contributed by atoms with Crippen LogP contribution in [0.25, 0.3) is 5.57 Å². The molecule has 1 N–H and O–H groups in total. The molecule has 196 valence electrons. The van der Waals surface area contributed by atoms with Gasteiger partial charge in [-0.1, -0.05) is 54.9 Å². The van der Waals surface area contributed by atoms with Crippen molar-refractivity contribution in [2.45, 2.75) is 65.7 Å². The summed E-state index contributed by atoms with van der Waals surface area (Å²) in [5.74, 6) is -2.16. The predicted octanol–water partition coefficient (Wildman–Crippen LogP) is 6.15. The molecule has 1 amide bonds. The van der Waals surface area contributed by atoms with E-state index in [0.717, 1.165) is 0 Å². The maximum Gasteiger partial charge on any atom is 0.339 e. The van der Waals surface area contributed by atoms with E-state index in [1.165, 1.54) is 0 Å². The molecule has 37 heavy (non-hydrogen) atoms. The molecule has 1 aliphatic rings. The lowest BCUT2D eigenvalue weighted by molar-refractivity contribution is -0.153. The van der Waals surface area contributed by atoms with Crippen molar-refractivity contribution in [1.29, 1.82) is 0 Å². The second-order valence-electron chi connectivity index (χ2n) is 11.0. The van der Waals surface area contributed by atoms with Gasteiger partial charge in [-0.3, -0.25) is 4.79 Å². The maximum atomic E-state index is 13.6. The summed E-state index contributed by atoms with van der Waals surface area (Å²) in [6, 6.07) is 15.1. The van der Waals surface area contributed by atoms with Gasteiger partial charge in [-0.25, -0.2) is 9.59 Å². The van der Waals surface area contributed by atoms with Gasteiger partial charge in [0.25, 0.3) is 5.91 Å². The molecule has 0 saturated carbocycles. The number of halogens is 1. The molecule has 6 nitrogen and oxygen atoms in total. The van der Waals surface area contributed by atoms with Gasteiger partial charge in [-0.05, 0) is 76.9 Å². The fourth-order valence-electron chi connectivity index (χ4n) is 3.99. The Hall–Kier alpha value is -3.38. The average molecular weight is 524 g/mol. The largest absolute Gasteiger partial charge is 0.457 e. The summed E-state index contributed by atoms with van der Waals surface area (Å²) in [7, 11) is 0. The number of amides is 1. The number of esters is 2. The summed E-state index contributed by atoms with van der Waals surface area (Å²) >= 11 is 6.12. The number of benzene rings is 2. The molecule has 0 bridgehead atoms. The van der Waals surface area contributed by atoms with E-state index in [0.29, 0.717) is 21.7 Å². The zero-order valence-corrected chi connectivity index (χ0v) is 23.1. The standard InChI is InChI=1S/C30H34ClNO5/c1-18-23(32-26(33)20-11-9-8-10-12-20)17-22(19-13-15-21(31)16-14-19)25(28(35)37-30(5,6)7)24(18)27(34)36-29(2,3)4/h8-18,23H,1-7H3,(H,32,33)/t18-,23-/m0/s1. The highest BCUT2D eigenvalue weighted by molar-refractivity contribution is 6.30. The van der Waals surface area contributed by atoms with Crippen LogP contribution in [0.4, 0.5) is 0 Å². The summed E-state index contributed by atoms with van der Waals surface area (Å²) in [6.07, 6.45) is 1.79. The van der Waals surface area contributed by atoms with Crippen molar-refractivity contribution in [2.24, 2.45) is 5.92 Å². The molecule has 0 aromatic heterocycles. The number of hydrogen-bond acceptors (Lipinski definition) is 5. The number of ether oxygens (including phenoxy) is 2. The molecule has 0 unspecified atom stereocenters. The molecule has 1 aliphatic carbocycles. The molecule has 0 radical (unpaired) electrons. The molecule has 0 fully saturated rings. The van der Waals surface area contributed by atoms with Crippen LogP contribution in [0, 0.1) is 5.92 Å². The van der Waals surface area contributed by atoms with Gasteiger partial charge in [0.1, 0.15) is 11.2 Å². The highest BCUT2D eigenvalue weighted by atomic mass is 35.5. The summed E-state index contributed by atoms with van der Waals surface area (Å²) < 4.78 is 11.5. The molecule has 0 heterocycles. The third kappa shape index (κ3) is 7.32. The Bertz CT molecular complexity index is 1230. The fourth-order valence-corrected chi connectivity index (χ4v) is 4.12. The first-order valence-corrected chi connectivity index (χ1v) is 12.6. The van der Waals surface area contributed by atoms with E-state index in [2.05, 4.69) is 5.32 Å². The normalized spacial score (nSPS) is 18.1. The van der Waals surface area contributed by atoms with Gasteiger partial charge in [0, 0.05) is 16.5 Å². The van der Waals surface area contributed by atoms with E-state index < -0.39 is 35.1 Å². The Labute approximate surface area is 223 Å². The molecule has 2 atom stereocenters. The van der Waals surface area contributed by atoms with Gasteiger partial charge in [0.2, 0.25) is 0 Å². The van der Waals surface area contributed by atoms with E-state index in [4.69, 9.17) is 21.1 Å². The van der Waals surface area contributed by atoms with Crippen LogP contribution in [0.3, 0.4) is 0 Å². The Morgan fingerprint density at radius 2 is 1.35 bits per heavy atom. The number of rotatable bonds is 5. The molecular formula is C30H34ClNO5. The van der Waals surface area contributed by atoms with Gasteiger partial charge in [-0.2, -0.15) is 0 Å². The van der Waals surface area contributed by atoms with Crippen molar-refractivity contribution in [3.05, 3.63) is 88.0 Å². The third-order valence-electron chi connectivity index (χ3n) is 5.59. The van der Waals surface area contributed by atoms with Crippen LogP contribution in [0.15, 0.2) is 71.8 Å². The van der Waals surface area contributed by atoms with Crippen LogP contribution in [-0.2, 0) is 19.1 Å². The molecular weight excluding hydrogens is 490 g/mol. The second-order valence-corrected chi connectivity index (χ2v) is 11.5. The number of nitrogens with one attached hydrogen (secondary N) is 1. The van der Waals surface area contributed by atoms with Gasteiger partial charge in [0.05, 0.1) is 17.2 Å². The van der Waals surface area contributed by atoms with Crippen molar-refractivity contribution < 1.29 is 23.9 Å². The minimum absolute atomic E-state index is 0.115. The molecule has 7 heteroatoms. The average Bonchev–Trinajstić information content (AvgIpc) is 2.78.